The van der Waals surface area contributed by atoms with Crippen LogP contribution in [0.2, 0.25) is 0 Å². The zero-order valence-corrected chi connectivity index (χ0v) is 9.52. The predicted molar refractivity (Wildman–Crippen MR) is 67.4 cm³/mol. The Balaban J connectivity index is 2.14. The first kappa shape index (κ1) is 10.2. The number of para-hydroxylation sites is 1. The molecule has 0 unspecified atom stereocenters. The smallest absolute Gasteiger partial charge is 0.130 e. The Kier molecular flexibility index (Phi) is 2.48. The molecule has 1 N–H and O–H groups in total. The number of hydrogen-bond donors (Lipinski definition) is 1. The van der Waals surface area contributed by atoms with Crippen molar-refractivity contribution in [2.24, 2.45) is 0 Å². The highest BCUT2D eigenvalue weighted by Crippen LogP contribution is 2.36. The van der Waals surface area contributed by atoms with Crippen LogP contribution in [0.25, 0.3) is 11.1 Å². The van der Waals surface area contributed by atoms with Crippen molar-refractivity contribution in [3.63, 3.8) is 0 Å². The Morgan fingerprint density at radius 3 is 2.82 bits per heavy atom. The number of phenolic OH excluding ortho intramolecular Hbond substituents is 1. The minimum Gasteiger partial charge on any atom is -0.508 e. The van der Waals surface area contributed by atoms with Crippen molar-refractivity contribution in [1.29, 1.82) is 0 Å². The maximum Gasteiger partial charge on any atom is 0.130 e. The van der Waals surface area contributed by atoms with Gasteiger partial charge in [0.2, 0.25) is 0 Å². The Bertz CT molecular complexity index is 546. The first-order valence-corrected chi connectivity index (χ1v) is 5.89. The van der Waals surface area contributed by atoms with Crippen molar-refractivity contribution in [2.45, 2.75) is 12.8 Å². The zero-order valence-electron chi connectivity index (χ0n) is 9.52. The van der Waals surface area contributed by atoms with Gasteiger partial charge in [0.1, 0.15) is 11.5 Å². The molecule has 0 saturated heterocycles. The quantitative estimate of drug-likeness (QED) is 0.807. The van der Waals surface area contributed by atoms with Crippen LogP contribution in [0.4, 0.5) is 0 Å². The molecule has 0 amide bonds. The number of hydrogen-bond acceptors (Lipinski definition) is 2. The van der Waals surface area contributed by atoms with E-state index in [0.717, 1.165) is 36.3 Å². The number of phenols is 1. The van der Waals surface area contributed by atoms with Crippen LogP contribution in [0, 0.1) is 0 Å². The summed E-state index contributed by atoms with van der Waals surface area (Å²) in [5.74, 6) is 1.26. The molecule has 17 heavy (non-hydrogen) atoms. The fraction of sp³-hybridized carbons (Fsp3) is 0.200. The molecule has 0 spiro atoms. The molecule has 1 heterocycles. The van der Waals surface area contributed by atoms with E-state index in [1.54, 1.807) is 12.1 Å². The maximum atomic E-state index is 9.54. The van der Waals surface area contributed by atoms with Crippen LogP contribution >= 0.6 is 0 Å². The van der Waals surface area contributed by atoms with Crippen LogP contribution in [-0.2, 0) is 6.42 Å². The molecule has 0 aromatic heterocycles. The number of aryl methyl sites for hydroxylation is 1. The summed E-state index contributed by atoms with van der Waals surface area (Å²) in [4.78, 5) is 0. The molecule has 2 heteroatoms. The Labute approximate surface area is 100 Å². The molecule has 0 radical (unpaired) electrons. The topological polar surface area (TPSA) is 29.5 Å². The molecule has 3 rings (SSSR count). The summed E-state index contributed by atoms with van der Waals surface area (Å²) in [5.41, 5.74) is 3.33. The third-order valence-electron chi connectivity index (χ3n) is 3.09. The van der Waals surface area contributed by atoms with E-state index in [9.17, 15) is 5.11 Å². The fourth-order valence-electron chi connectivity index (χ4n) is 2.29. The minimum absolute atomic E-state index is 0.288. The van der Waals surface area contributed by atoms with Crippen LogP contribution in [-0.4, -0.2) is 11.7 Å². The lowest BCUT2D eigenvalue weighted by molar-refractivity contribution is 0.289. The molecule has 86 valence electrons. The summed E-state index contributed by atoms with van der Waals surface area (Å²) in [5, 5.41) is 9.54. The summed E-state index contributed by atoms with van der Waals surface area (Å²) in [7, 11) is 0. The van der Waals surface area contributed by atoms with Crippen molar-refractivity contribution >= 4 is 0 Å². The fourth-order valence-corrected chi connectivity index (χ4v) is 2.29. The van der Waals surface area contributed by atoms with Crippen molar-refractivity contribution in [3.8, 4) is 22.6 Å². The third kappa shape index (κ3) is 1.86. The van der Waals surface area contributed by atoms with E-state index in [2.05, 4.69) is 6.07 Å². The zero-order chi connectivity index (χ0) is 11.7. The van der Waals surface area contributed by atoms with Gasteiger partial charge in [-0.1, -0.05) is 30.3 Å². The van der Waals surface area contributed by atoms with Gasteiger partial charge in [-0.25, -0.2) is 0 Å². The molecule has 1 aliphatic heterocycles. The second kappa shape index (κ2) is 4.13. The first-order chi connectivity index (χ1) is 8.34. The number of ether oxygens (including phenoxy) is 1. The molecule has 0 aliphatic carbocycles. The SMILES string of the molecule is Oc1cccc(-c2cccc3c2OCCC3)c1. The van der Waals surface area contributed by atoms with Gasteiger partial charge in [0.15, 0.2) is 0 Å². The summed E-state index contributed by atoms with van der Waals surface area (Å²) >= 11 is 0. The minimum atomic E-state index is 0.288. The molecule has 2 aromatic carbocycles. The van der Waals surface area contributed by atoms with Crippen LogP contribution in [0.15, 0.2) is 42.5 Å². The van der Waals surface area contributed by atoms with Gasteiger partial charge in [-0.15, -0.1) is 0 Å². The molecule has 0 atom stereocenters. The summed E-state index contributed by atoms with van der Waals surface area (Å²) in [6.07, 6.45) is 2.15. The monoisotopic (exact) mass is 226 g/mol. The Hall–Kier alpha value is -1.96. The van der Waals surface area contributed by atoms with E-state index >= 15 is 0 Å². The van der Waals surface area contributed by atoms with Gasteiger partial charge in [0, 0.05) is 5.56 Å². The molecular formula is C15H14O2. The van der Waals surface area contributed by atoms with E-state index in [0.29, 0.717) is 0 Å². The molecule has 0 bridgehead atoms. The second-order valence-corrected chi connectivity index (χ2v) is 4.30. The molecule has 0 fully saturated rings. The summed E-state index contributed by atoms with van der Waals surface area (Å²) in [6, 6.07) is 13.5. The van der Waals surface area contributed by atoms with E-state index < -0.39 is 0 Å². The van der Waals surface area contributed by atoms with Gasteiger partial charge in [-0.05, 0) is 36.1 Å². The van der Waals surface area contributed by atoms with Crippen molar-refractivity contribution in [2.75, 3.05) is 6.61 Å². The lowest BCUT2D eigenvalue weighted by Gasteiger charge is -2.20. The van der Waals surface area contributed by atoms with Crippen LogP contribution in [0.3, 0.4) is 0 Å². The highest BCUT2D eigenvalue weighted by atomic mass is 16.5. The predicted octanol–water partition coefficient (Wildman–Crippen LogP) is 3.38. The van der Waals surface area contributed by atoms with Gasteiger partial charge in [0.05, 0.1) is 6.61 Å². The first-order valence-electron chi connectivity index (χ1n) is 5.89. The standard InChI is InChI=1S/C15H14O2/c16-13-7-1-5-12(10-13)14-8-2-4-11-6-3-9-17-15(11)14/h1-2,4-5,7-8,10,16H,3,6,9H2. The second-order valence-electron chi connectivity index (χ2n) is 4.30. The Morgan fingerprint density at radius 2 is 1.94 bits per heavy atom. The van der Waals surface area contributed by atoms with Crippen molar-refractivity contribution < 1.29 is 9.84 Å². The van der Waals surface area contributed by atoms with Gasteiger partial charge < -0.3 is 9.84 Å². The maximum absolute atomic E-state index is 9.54. The largest absolute Gasteiger partial charge is 0.508 e. The van der Waals surface area contributed by atoms with Crippen LogP contribution < -0.4 is 4.74 Å². The number of benzene rings is 2. The molecule has 0 saturated carbocycles. The number of rotatable bonds is 1. The lowest BCUT2D eigenvalue weighted by atomic mass is 9.97. The number of fused-ring (bicyclic) bond motifs is 1. The van der Waals surface area contributed by atoms with E-state index in [-0.39, 0.29) is 5.75 Å². The normalized spacial score (nSPS) is 13.9. The average Bonchev–Trinajstić information content (AvgIpc) is 2.38. The van der Waals surface area contributed by atoms with Gasteiger partial charge in [-0.2, -0.15) is 0 Å². The average molecular weight is 226 g/mol. The van der Waals surface area contributed by atoms with E-state index in [1.165, 1.54) is 5.56 Å². The van der Waals surface area contributed by atoms with E-state index in [1.807, 2.05) is 24.3 Å². The van der Waals surface area contributed by atoms with Crippen LogP contribution in [0.5, 0.6) is 11.5 Å². The molecule has 2 aromatic rings. The van der Waals surface area contributed by atoms with Gasteiger partial charge in [-0.3, -0.25) is 0 Å². The van der Waals surface area contributed by atoms with Crippen molar-refractivity contribution in [3.05, 3.63) is 48.0 Å². The van der Waals surface area contributed by atoms with Crippen LogP contribution in [0.1, 0.15) is 12.0 Å². The summed E-state index contributed by atoms with van der Waals surface area (Å²) in [6.45, 7) is 0.781. The highest BCUT2D eigenvalue weighted by Gasteiger charge is 2.15. The Morgan fingerprint density at radius 1 is 1.06 bits per heavy atom. The molecule has 1 aliphatic rings. The number of aromatic hydroxyl groups is 1. The van der Waals surface area contributed by atoms with E-state index in [4.69, 9.17) is 4.74 Å². The highest BCUT2D eigenvalue weighted by molar-refractivity contribution is 5.73. The molecular weight excluding hydrogens is 212 g/mol. The lowest BCUT2D eigenvalue weighted by Crippen LogP contribution is -2.09. The summed E-state index contributed by atoms with van der Waals surface area (Å²) < 4.78 is 5.77. The van der Waals surface area contributed by atoms with Gasteiger partial charge >= 0.3 is 0 Å². The third-order valence-corrected chi connectivity index (χ3v) is 3.09. The van der Waals surface area contributed by atoms with Gasteiger partial charge in [0.25, 0.3) is 0 Å². The molecule has 2 nitrogen and oxygen atoms in total. The van der Waals surface area contributed by atoms with Crippen molar-refractivity contribution in [1.82, 2.24) is 0 Å².